The van der Waals surface area contributed by atoms with E-state index < -0.39 is 5.67 Å². The van der Waals surface area contributed by atoms with Crippen molar-refractivity contribution in [2.24, 2.45) is 11.8 Å². The highest BCUT2D eigenvalue weighted by atomic mass is 19.1. The fourth-order valence-electron chi connectivity index (χ4n) is 2.56. The molecule has 2 aliphatic carbocycles. The van der Waals surface area contributed by atoms with Crippen LogP contribution in [0.15, 0.2) is 0 Å². The summed E-state index contributed by atoms with van der Waals surface area (Å²) in [6, 6.07) is 0. The van der Waals surface area contributed by atoms with Gasteiger partial charge in [0.15, 0.2) is 0 Å². The third-order valence-electron chi connectivity index (χ3n) is 3.32. The van der Waals surface area contributed by atoms with Crippen molar-refractivity contribution in [1.29, 1.82) is 0 Å². The Morgan fingerprint density at radius 1 is 1.08 bits per heavy atom. The molecule has 0 aliphatic heterocycles. The van der Waals surface area contributed by atoms with Gasteiger partial charge in [0.1, 0.15) is 5.67 Å². The van der Waals surface area contributed by atoms with Crippen molar-refractivity contribution in [1.82, 2.24) is 0 Å². The average molecular weight is 172 g/mol. The topological polar surface area (TPSA) is 0 Å². The molecule has 12 heavy (non-hydrogen) atoms. The van der Waals surface area contributed by atoms with Gasteiger partial charge >= 0.3 is 0 Å². The zero-order chi connectivity index (χ0) is 9.19. The molecule has 0 N–H and O–H groups in total. The number of hydrogen-bond acceptors (Lipinski definition) is 0. The molecule has 0 nitrogen and oxygen atoms in total. The number of rotatable bonds is 0. The molecule has 0 atom stereocenters. The van der Waals surface area contributed by atoms with Crippen LogP contribution in [-0.2, 0) is 0 Å². The third-order valence-corrected chi connectivity index (χ3v) is 3.32. The Balaban J connectivity index is 0.000000213. The standard InChI is InChI=1S/C8H13F.C3H8/c1-8(9)6-2-3-7(8)5-4-6;1-3-2/h6-7H,2-5H2,1H3;3H2,1-2H3. The van der Waals surface area contributed by atoms with Crippen LogP contribution in [0.5, 0.6) is 0 Å². The quantitative estimate of drug-likeness (QED) is 0.519. The predicted molar refractivity (Wildman–Crippen MR) is 50.9 cm³/mol. The molecular formula is C11H21F. The monoisotopic (exact) mass is 172 g/mol. The van der Waals surface area contributed by atoms with E-state index in [-0.39, 0.29) is 0 Å². The summed E-state index contributed by atoms with van der Waals surface area (Å²) < 4.78 is 13.5. The van der Waals surface area contributed by atoms with Crippen molar-refractivity contribution >= 4 is 0 Å². The smallest absolute Gasteiger partial charge is 0.113 e. The minimum atomic E-state index is -0.778. The Bertz CT molecular complexity index is 118. The molecule has 2 bridgehead atoms. The fourth-order valence-corrected chi connectivity index (χ4v) is 2.56. The van der Waals surface area contributed by atoms with Crippen LogP contribution in [0, 0.1) is 11.8 Å². The summed E-state index contributed by atoms with van der Waals surface area (Å²) >= 11 is 0. The summed E-state index contributed by atoms with van der Waals surface area (Å²) in [5, 5.41) is 0. The Morgan fingerprint density at radius 3 is 1.42 bits per heavy atom. The predicted octanol–water partition coefficient (Wildman–Crippen LogP) is 3.95. The molecule has 0 amide bonds. The Labute approximate surface area is 75.5 Å². The van der Waals surface area contributed by atoms with Gasteiger partial charge in [0.25, 0.3) is 0 Å². The van der Waals surface area contributed by atoms with Crippen LogP contribution in [0.25, 0.3) is 0 Å². The van der Waals surface area contributed by atoms with Gasteiger partial charge < -0.3 is 0 Å². The van der Waals surface area contributed by atoms with Crippen molar-refractivity contribution in [2.45, 2.75) is 58.5 Å². The van der Waals surface area contributed by atoms with E-state index in [1.807, 2.05) is 0 Å². The van der Waals surface area contributed by atoms with Gasteiger partial charge in [-0.1, -0.05) is 20.3 Å². The molecule has 0 aromatic heterocycles. The van der Waals surface area contributed by atoms with E-state index in [9.17, 15) is 4.39 Å². The normalized spacial score (nSPS) is 44.0. The van der Waals surface area contributed by atoms with E-state index >= 15 is 0 Å². The maximum atomic E-state index is 13.5. The van der Waals surface area contributed by atoms with E-state index in [4.69, 9.17) is 0 Å². The van der Waals surface area contributed by atoms with Gasteiger partial charge in [-0.25, -0.2) is 4.39 Å². The summed E-state index contributed by atoms with van der Waals surface area (Å²) in [5.41, 5.74) is -0.778. The maximum absolute atomic E-state index is 13.5. The number of halogens is 1. The van der Waals surface area contributed by atoms with Crippen LogP contribution in [0.1, 0.15) is 52.9 Å². The molecule has 0 spiro atoms. The van der Waals surface area contributed by atoms with Crippen molar-refractivity contribution in [3.63, 3.8) is 0 Å². The Hall–Kier alpha value is -0.0700. The first-order valence-corrected chi connectivity index (χ1v) is 5.31. The summed E-state index contributed by atoms with van der Waals surface area (Å²) in [4.78, 5) is 0. The van der Waals surface area contributed by atoms with E-state index in [0.717, 1.165) is 25.7 Å². The van der Waals surface area contributed by atoms with Crippen LogP contribution in [0.3, 0.4) is 0 Å². The van der Waals surface area contributed by atoms with Crippen molar-refractivity contribution < 1.29 is 4.39 Å². The average Bonchev–Trinajstić information content (AvgIpc) is 2.45. The third kappa shape index (κ3) is 1.65. The first kappa shape index (κ1) is 10.0. The van der Waals surface area contributed by atoms with Crippen LogP contribution in [-0.4, -0.2) is 5.67 Å². The lowest BCUT2D eigenvalue weighted by Gasteiger charge is -2.18. The van der Waals surface area contributed by atoms with Gasteiger partial charge in [0, 0.05) is 0 Å². The lowest BCUT2D eigenvalue weighted by atomic mass is 9.97. The minimum absolute atomic E-state index is 0.419. The molecule has 2 rings (SSSR count). The van der Waals surface area contributed by atoms with Crippen LogP contribution >= 0.6 is 0 Å². The second-order valence-electron chi connectivity index (χ2n) is 4.41. The Kier molecular flexibility index (Phi) is 3.14. The molecule has 2 fully saturated rings. The summed E-state index contributed by atoms with van der Waals surface area (Å²) in [6.45, 7) is 6.04. The number of fused-ring (bicyclic) bond motifs is 2. The van der Waals surface area contributed by atoms with Gasteiger partial charge in [0.2, 0.25) is 0 Å². The van der Waals surface area contributed by atoms with E-state index in [2.05, 4.69) is 13.8 Å². The molecule has 0 saturated heterocycles. The molecule has 0 heterocycles. The fraction of sp³-hybridized carbons (Fsp3) is 1.00. The molecule has 0 unspecified atom stereocenters. The van der Waals surface area contributed by atoms with E-state index in [1.165, 1.54) is 6.42 Å². The largest absolute Gasteiger partial charge is 0.244 e. The van der Waals surface area contributed by atoms with Gasteiger partial charge in [-0.2, -0.15) is 0 Å². The van der Waals surface area contributed by atoms with Crippen LogP contribution < -0.4 is 0 Å². The molecule has 1 heteroatoms. The van der Waals surface area contributed by atoms with Crippen molar-refractivity contribution in [3.8, 4) is 0 Å². The highest BCUT2D eigenvalue weighted by Gasteiger charge is 2.51. The molecule has 72 valence electrons. The molecule has 2 saturated carbocycles. The van der Waals surface area contributed by atoms with E-state index in [1.54, 1.807) is 6.92 Å². The number of hydrogen-bond donors (Lipinski definition) is 0. The molecule has 0 aromatic carbocycles. The SMILES string of the molecule is CC1(F)C2CCC1CC2.CCC. The second-order valence-corrected chi connectivity index (χ2v) is 4.41. The van der Waals surface area contributed by atoms with Gasteiger partial charge in [0.05, 0.1) is 0 Å². The number of alkyl halides is 1. The van der Waals surface area contributed by atoms with Crippen molar-refractivity contribution in [2.75, 3.05) is 0 Å². The lowest BCUT2D eigenvalue weighted by Crippen LogP contribution is -2.23. The maximum Gasteiger partial charge on any atom is 0.113 e. The molecule has 0 aromatic rings. The first-order valence-electron chi connectivity index (χ1n) is 5.31. The molecule has 0 radical (unpaired) electrons. The van der Waals surface area contributed by atoms with Gasteiger partial charge in [-0.3, -0.25) is 0 Å². The zero-order valence-electron chi connectivity index (χ0n) is 8.57. The molecule has 2 aliphatic rings. The first-order chi connectivity index (χ1) is 5.62. The second kappa shape index (κ2) is 3.76. The summed E-state index contributed by atoms with van der Waals surface area (Å²) in [7, 11) is 0. The van der Waals surface area contributed by atoms with Crippen LogP contribution in [0.2, 0.25) is 0 Å². The minimum Gasteiger partial charge on any atom is -0.244 e. The zero-order valence-corrected chi connectivity index (χ0v) is 8.57. The summed E-state index contributed by atoms with van der Waals surface area (Å²) in [5.74, 6) is 0.838. The highest BCUT2D eigenvalue weighted by Crippen LogP contribution is 2.53. The highest BCUT2D eigenvalue weighted by molar-refractivity contribution is 5.01. The summed E-state index contributed by atoms with van der Waals surface area (Å²) in [6.07, 6.45) is 5.85. The molecular weight excluding hydrogens is 151 g/mol. The Morgan fingerprint density at radius 2 is 1.33 bits per heavy atom. The van der Waals surface area contributed by atoms with Crippen LogP contribution in [0.4, 0.5) is 4.39 Å². The van der Waals surface area contributed by atoms with Gasteiger partial charge in [-0.05, 0) is 44.4 Å². The van der Waals surface area contributed by atoms with Gasteiger partial charge in [-0.15, -0.1) is 0 Å². The van der Waals surface area contributed by atoms with E-state index in [0.29, 0.717) is 11.8 Å². The lowest BCUT2D eigenvalue weighted by molar-refractivity contribution is 0.127. The van der Waals surface area contributed by atoms with Crippen molar-refractivity contribution in [3.05, 3.63) is 0 Å².